The average Bonchev–Trinajstić information content (AvgIpc) is 2.46. The molecular weight excluding hydrogens is 284 g/mol. The first-order chi connectivity index (χ1) is 10.1. The zero-order valence-corrected chi connectivity index (χ0v) is 12.4. The normalized spacial score (nSPS) is 9.67. The van der Waals surface area contributed by atoms with Gasteiger partial charge >= 0.3 is 0 Å². The average molecular weight is 299 g/mol. The summed E-state index contributed by atoms with van der Waals surface area (Å²) < 4.78 is 0. The second-order valence-corrected chi connectivity index (χ2v) is 4.90. The molecule has 3 N–H and O–H groups in total. The molecule has 21 heavy (non-hydrogen) atoms. The smallest absolute Gasteiger partial charge is 0.255 e. The molecule has 0 radical (unpaired) electrons. The topological polar surface area (TPSA) is 55.1 Å². The number of anilines is 1. The van der Waals surface area contributed by atoms with Crippen LogP contribution in [0.5, 0.6) is 0 Å². The van der Waals surface area contributed by atoms with Gasteiger partial charge in [0.05, 0.1) is 12.2 Å². The van der Waals surface area contributed by atoms with E-state index < -0.39 is 0 Å². The van der Waals surface area contributed by atoms with Crippen molar-refractivity contribution in [1.82, 2.24) is 0 Å². The number of rotatable bonds is 2. The molecule has 3 nitrogen and oxygen atoms in total. The van der Waals surface area contributed by atoms with Crippen LogP contribution in [0.3, 0.4) is 0 Å². The van der Waals surface area contributed by atoms with E-state index in [1.165, 1.54) is 0 Å². The molecule has 1 amide bonds. The van der Waals surface area contributed by atoms with Crippen LogP contribution in [0, 0.1) is 18.8 Å². The Bertz CT molecular complexity index is 729. The molecule has 2 aromatic rings. The van der Waals surface area contributed by atoms with Crippen molar-refractivity contribution in [3.05, 3.63) is 64.2 Å². The summed E-state index contributed by atoms with van der Waals surface area (Å²) in [5, 5.41) is 3.48. The molecule has 0 aliphatic rings. The molecule has 0 saturated heterocycles. The van der Waals surface area contributed by atoms with E-state index in [9.17, 15) is 4.79 Å². The highest BCUT2D eigenvalue weighted by molar-refractivity contribution is 6.30. The highest BCUT2D eigenvalue weighted by Crippen LogP contribution is 2.19. The Kier molecular flexibility index (Phi) is 4.99. The fourth-order valence-corrected chi connectivity index (χ4v) is 2.15. The summed E-state index contributed by atoms with van der Waals surface area (Å²) in [5.41, 5.74) is 8.19. The van der Waals surface area contributed by atoms with Crippen molar-refractivity contribution in [1.29, 1.82) is 0 Å². The third-order valence-corrected chi connectivity index (χ3v) is 3.17. The van der Waals surface area contributed by atoms with E-state index in [0.29, 0.717) is 16.3 Å². The molecule has 0 saturated carbocycles. The first-order valence-corrected chi connectivity index (χ1v) is 6.85. The summed E-state index contributed by atoms with van der Waals surface area (Å²) in [6, 6.07) is 12.5. The van der Waals surface area contributed by atoms with Gasteiger partial charge in [-0.15, -0.1) is 0 Å². The van der Waals surface area contributed by atoms with E-state index in [-0.39, 0.29) is 12.5 Å². The lowest BCUT2D eigenvalue weighted by Crippen LogP contribution is -2.14. The van der Waals surface area contributed by atoms with Crippen LogP contribution < -0.4 is 11.1 Å². The highest BCUT2D eigenvalue weighted by Gasteiger charge is 2.11. The zero-order chi connectivity index (χ0) is 15.2. The number of benzene rings is 2. The number of para-hydroxylation sites is 1. The summed E-state index contributed by atoms with van der Waals surface area (Å²) in [7, 11) is 0. The molecular formula is C17H15ClN2O. The number of nitrogens with two attached hydrogens (primary N) is 1. The first kappa shape index (κ1) is 15.1. The summed E-state index contributed by atoms with van der Waals surface area (Å²) in [5.74, 6) is 5.54. The standard InChI is InChI=1S/C17H15ClN2O/c1-12-11-14(18)8-9-15(12)17(21)20-16-7-3-2-5-13(16)6-4-10-19/h2-3,5,7-9,11H,10,19H2,1H3,(H,20,21). The Labute approximate surface area is 129 Å². The Morgan fingerprint density at radius 2 is 2.05 bits per heavy atom. The number of halogens is 1. The Hall–Kier alpha value is -2.28. The van der Waals surface area contributed by atoms with Crippen LogP contribution in [0.2, 0.25) is 5.02 Å². The van der Waals surface area contributed by atoms with Crippen molar-refractivity contribution in [3.8, 4) is 11.8 Å². The quantitative estimate of drug-likeness (QED) is 0.837. The van der Waals surface area contributed by atoms with Crippen LogP contribution in [-0.4, -0.2) is 12.5 Å². The maximum atomic E-state index is 12.3. The SMILES string of the molecule is Cc1cc(Cl)ccc1C(=O)Nc1ccccc1C#CCN. The number of aryl methyl sites for hydroxylation is 1. The van der Waals surface area contributed by atoms with Gasteiger partial charge in [0.15, 0.2) is 0 Å². The van der Waals surface area contributed by atoms with E-state index in [1.807, 2.05) is 31.2 Å². The van der Waals surface area contributed by atoms with E-state index in [4.69, 9.17) is 17.3 Å². The largest absolute Gasteiger partial charge is 0.321 e. The number of hydrogen-bond donors (Lipinski definition) is 2. The molecule has 2 aromatic carbocycles. The van der Waals surface area contributed by atoms with Gasteiger partial charge in [-0.3, -0.25) is 4.79 Å². The van der Waals surface area contributed by atoms with E-state index in [0.717, 1.165) is 11.1 Å². The molecule has 106 valence electrons. The summed E-state index contributed by atoms with van der Waals surface area (Å²) in [6.07, 6.45) is 0. The van der Waals surface area contributed by atoms with Gasteiger partial charge in [0.1, 0.15) is 0 Å². The van der Waals surface area contributed by atoms with Crippen molar-refractivity contribution in [2.75, 3.05) is 11.9 Å². The third kappa shape index (κ3) is 3.85. The molecule has 0 aliphatic carbocycles. The minimum atomic E-state index is -0.189. The molecule has 2 rings (SSSR count). The van der Waals surface area contributed by atoms with Crippen LogP contribution in [0.4, 0.5) is 5.69 Å². The molecule has 0 fully saturated rings. The van der Waals surface area contributed by atoms with Crippen molar-refractivity contribution < 1.29 is 4.79 Å². The molecule has 0 aliphatic heterocycles. The lowest BCUT2D eigenvalue weighted by molar-refractivity contribution is 0.102. The molecule has 0 unspecified atom stereocenters. The maximum absolute atomic E-state index is 12.3. The van der Waals surface area contributed by atoms with E-state index in [2.05, 4.69) is 17.2 Å². The summed E-state index contributed by atoms with van der Waals surface area (Å²) in [4.78, 5) is 12.3. The minimum Gasteiger partial charge on any atom is -0.321 e. The van der Waals surface area contributed by atoms with Gasteiger partial charge in [0, 0.05) is 16.1 Å². The van der Waals surface area contributed by atoms with Crippen LogP contribution in [0.15, 0.2) is 42.5 Å². The van der Waals surface area contributed by atoms with Crippen molar-refractivity contribution in [2.45, 2.75) is 6.92 Å². The van der Waals surface area contributed by atoms with Crippen LogP contribution >= 0.6 is 11.6 Å². The van der Waals surface area contributed by atoms with Crippen molar-refractivity contribution in [2.24, 2.45) is 5.73 Å². The van der Waals surface area contributed by atoms with Crippen LogP contribution in [0.1, 0.15) is 21.5 Å². The van der Waals surface area contributed by atoms with Gasteiger partial charge in [0.2, 0.25) is 0 Å². The van der Waals surface area contributed by atoms with Crippen LogP contribution in [-0.2, 0) is 0 Å². The summed E-state index contributed by atoms with van der Waals surface area (Å²) >= 11 is 5.90. The number of amides is 1. The fourth-order valence-electron chi connectivity index (χ4n) is 1.92. The second kappa shape index (κ2) is 6.94. The summed E-state index contributed by atoms with van der Waals surface area (Å²) in [6.45, 7) is 2.12. The monoisotopic (exact) mass is 298 g/mol. The maximum Gasteiger partial charge on any atom is 0.255 e. The molecule has 4 heteroatoms. The zero-order valence-electron chi connectivity index (χ0n) is 11.6. The lowest BCUT2D eigenvalue weighted by Gasteiger charge is -2.09. The number of hydrogen-bond acceptors (Lipinski definition) is 2. The van der Waals surface area contributed by atoms with Crippen LogP contribution in [0.25, 0.3) is 0 Å². The third-order valence-electron chi connectivity index (χ3n) is 2.93. The lowest BCUT2D eigenvalue weighted by atomic mass is 10.1. The number of carbonyl (C=O) groups excluding carboxylic acids is 1. The fraction of sp³-hybridized carbons (Fsp3) is 0.118. The number of nitrogens with one attached hydrogen (secondary N) is 1. The van der Waals surface area contributed by atoms with E-state index >= 15 is 0 Å². The Morgan fingerprint density at radius 3 is 2.76 bits per heavy atom. The van der Waals surface area contributed by atoms with Gasteiger partial charge in [-0.25, -0.2) is 0 Å². The van der Waals surface area contributed by atoms with Gasteiger partial charge in [0.25, 0.3) is 5.91 Å². The molecule has 0 aromatic heterocycles. The molecule has 0 spiro atoms. The Balaban J connectivity index is 2.27. The van der Waals surface area contributed by atoms with Gasteiger partial charge in [-0.1, -0.05) is 35.6 Å². The molecule has 0 bridgehead atoms. The Morgan fingerprint density at radius 1 is 1.29 bits per heavy atom. The van der Waals surface area contributed by atoms with Gasteiger partial charge in [-0.05, 0) is 42.8 Å². The number of carbonyl (C=O) groups is 1. The predicted octanol–water partition coefficient (Wildman–Crippen LogP) is 3.21. The minimum absolute atomic E-state index is 0.189. The van der Waals surface area contributed by atoms with Gasteiger partial charge < -0.3 is 11.1 Å². The predicted molar refractivity (Wildman–Crippen MR) is 86.5 cm³/mol. The van der Waals surface area contributed by atoms with E-state index in [1.54, 1.807) is 18.2 Å². The van der Waals surface area contributed by atoms with Crippen molar-refractivity contribution in [3.63, 3.8) is 0 Å². The molecule has 0 atom stereocenters. The highest BCUT2D eigenvalue weighted by atomic mass is 35.5. The molecule has 0 heterocycles. The first-order valence-electron chi connectivity index (χ1n) is 6.47. The second-order valence-electron chi connectivity index (χ2n) is 4.46. The van der Waals surface area contributed by atoms with Gasteiger partial charge in [-0.2, -0.15) is 0 Å². The van der Waals surface area contributed by atoms with Crippen molar-refractivity contribution >= 4 is 23.2 Å².